The van der Waals surface area contributed by atoms with E-state index in [1.807, 2.05) is 13.0 Å². The molecule has 0 aliphatic carbocycles. The molecule has 1 unspecified atom stereocenters. The summed E-state index contributed by atoms with van der Waals surface area (Å²) < 4.78 is 0. The van der Waals surface area contributed by atoms with Gasteiger partial charge in [-0.15, -0.1) is 0 Å². The van der Waals surface area contributed by atoms with Crippen molar-refractivity contribution in [3.8, 4) is 0 Å². The minimum absolute atomic E-state index is 0. The van der Waals surface area contributed by atoms with E-state index in [1.165, 1.54) is 25.3 Å². The van der Waals surface area contributed by atoms with Crippen molar-refractivity contribution in [1.82, 2.24) is 6.15 Å². The first kappa shape index (κ1) is 19.3. The fraction of sp³-hybridized carbons (Fsp3) is 0.667. The van der Waals surface area contributed by atoms with Gasteiger partial charge in [0.05, 0.1) is 0 Å². The van der Waals surface area contributed by atoms with Gasteiger partial charge in [-0.05, 0) is 30.8 Å². The molecule has 106 valence electrons. The molecule has 0 heterocycles. The van der Waals surface area contributed by atoms with Gasteiger partial charge in [-0.1, -0.05) is 52.2 Å². The van der Waals surface area contributed by atoms with Crippen LogP contribution < -0.4 is 6.15 Å². The van der Waals surface area contributed by atoms with Crippen molar-refractivity contribution >= 4 is 5.97 Å². The van der Waals surface area contributed by atoms with E-state index < -0.39 is 5.97 Å². The summed E-state index contributed by atoms with van der Waals surface area (Å²) in [7, 11) is 0. The van der Waals surface area contributed by atoms with Crippen LogP contribution in [-0.2, 0) is 4.79 Å². The Morgan fingerprint density at radius 2 is 1.83 bits per heavy atom. The zero-order valence-corrected chi connectivity index (χ0v) is 12.3. The van der Waals surface area contributed by atoms with E-state index in [2.05, 4.69) is 26.8 Å². The van der Waals surface area contributed by atoms with Gasteiger partial charge in [-0.25, -0.2) is 4.79 Å². The predicted molar refractivity (Wildman–Crippen MR) is 78.0 cm³/mol. The third-order valence-electron chi connectivity index (χ3n) is 2.75. The molecule has 3 nitrogen and oxygen atoms in total. The maximum absolute atomic E-state index is 10.4. The molecule has 0 aromatic heterocycles. The topological polar surface area (TPSA) is 72.3 Å². The summed E-state index contributed by atoms with van der Waals surface area (Å²) in [6, 6.07) is 0. The van der Waals surface area contributed by atoms with Crippen LogP contribution in [0.2, 0.25) is 0 Å². The molecule has 3 heteroatoms. The van der Waals surface area contributed by atoms with Crippen molar-refractivity contribution in [3.05, 3.63) is 23.8 Å². The van der Waals surface area contributed by atoms with Crippen molar-refractivity contribution in [2.24, 2.45) is 11.8 Å². The van der Waals surface area contributed by atoms with Crippen LogP contribution in [0.4, 0.5) is 0 Å². The second-order valence-corrected chi connectivity index (χ2v) is 5.29. The van der Waals surface area contributed by atoms with E-state index >= 15 is 0 Å². The Balaban J connectivity index is 0. The minimum atomic E-state index is -0.878. The molecule has 0 aliphatic heterocycles. The quantitative estimate of drug-likeness (QED) is 0.492. The van der Waals surface area contributed by atoms with Gasteiger partial charge in [-0.2, -0.15) is 0 Å². The summed E-state index contributed by atoms with van der Waals surface area (Å²) in [6.45, 7) is 8.57. The first-order valence-electron chi connectivity index (χ1n) is 6.49. The maximum Gasteiger partial charge on any atom is 0.328 e. The highest BCUT2D eigenvalue weighted by atomic mass is 16.4. The van der Waals surface area contributed by atoms with Gasteiger partial charge in [0.15, 0.2) is 0 Å². The lowest BCUT2D eigenvalue weighted by Gasteiger charge is -2.09. The van der Waals surface area contributed by atoms with E-state index in [4.69, 9.17) is 5.11 Å². The van der Waals surface area contributed by atoms with E-state index in [0.717, 1.165) is 17.9 Å². The zero-order valence-electron chi connectivity index (χ0n) is 12.3. The van der Waals surface area contributed by atoms with Gasteiger partial charge >= 0.3 is 5.97 Å². The average molecular weight is 255 g/mol. The number of rotatable bonds is 8. The van der Waals surface area contributed by atoms with Crippen molar-refractivity contribution in [1.29, 1.82) is 0 Å². The first-order valence-corrected chi connectivity index (χ1v) is 6.49. The van der Waals surface area contributed by atoms with E-state index in [1.54, 1.807) is 0 Å². The molecular formula is C15H29NO2. The minimum Gasteiger partial charge on any atom is -0.478 e. The molecule has 0 radical (unpaired) electrons. The van der Waals surface area contributed by atoms with Gasteiger partial charge in [0.2, 0.25) is 0 Å². The van der Waals surface area contributed by atoms with E-state index in [9.17, 15) is 4.79 Å². The molecule has 0 amide bonds. The van der Waals surface area contributed by atoms with Crippen LogP contribution >= 0.6 is 0 Å². The molecule has 0 saturated carbocycles. The molecule has 0 aromatic rings. The average Bonchev–Trinajstić information content (AvgIpc) is 2.15. The smallest absolute Gasteiger partial charge is 0.328 e. The van der Waals surface area contributed by atoms with Gasteiger partial charge in [0, 0.05) is 6.08 Å². The van der Waals surface area contributed by atoms with Crippen LogP contribution in [0.1, 0.15) is 53.4 Å². The molecule has 18 heavy (non-hydrogen) atoms. The second-order valence-electron chi connectivity index (χ2n) is 5.29. The number of carboxylic acid groups (broad SMARTS) is 1. The fourth-order valence-electron chi connectivity index (χ4n) is 1.72. The SMILES string of the molecule is CC(=C/C(=O)O)/C=C/CC(C)CCCC(C)C.N. The highest BCUT2D eigenvalue weighted by molar-refractivity contribution is 5.81. The standard InChI is InChI=1S/C15H26O2.H3N/c1-12(2)7-5-8-13(3)9-6-10-14(4)11-15(16)17;/h6,10-13H,5,7-9H2,1-4H3,(H,16,17);1H3/b10-6+,14-11-;. The number of carboxylic acids is 1. The largest absolute Gasteiger partial charge is 0.478 e. The van der Waals surface area contributed by atoms with E-state index in [-0.39, 0.29) is 6.15 Å². The highest BCUT2D eigenvalue weighted by Crippen LogP contribution is 2.15. The second kappa shape index (κ2) is 11.0. The third kappa shape index (κ3) is 13.0. The Kier molecular flexibility index (Phi) is 11.8. The Morgan fingerprint density at radius 3 is 2.33 bits per heavy atom. The van der Waals surface area contributed by atoms with Gasteiger partial charge in [-0.3, -0.25) is 0 Å². The van der Waals surface area contributed by atoms with Crippen LogP contribution in [0.5, 0.6) is 0 Å². The number of allylic oxidation sites excluding steroid dienone is 3. The summed E-state index contributed by atoms with van der Waals surface area (Å²) in [4.78, 5) is 10.4. The predicted octanol–water partition coefficient (Wildman–Crippen LogP) is 4.59. The van der Waals surface area contributed by atoms with Crippen molar-refractivity contribution in [2.45, 2.75) is 53.4 Å². The number of carbonyl (C=O) groups is 1. The first-order chi connectivity index (χ1) is 7.91. The van der Waals surface area contributed by atoms with Crippen LogP contribution in [0.3, 0.4) is 0 Å². The van der Waals surface area contributed by atoms with Gasteiger partial charge in [0.1, 0.15) is 0 Å². The van der Waals surface area contributed by atoms with Gasteiger partial charge in [0.25, 0.3) is 0 Å². The molecule has 0 spiro atoms. The molecule has 0 rings (SSSR count). The highest BCUT2D eigenvalue weighted by Gasteiger charge is 2.01. The lowest BCUT2D eigenvalue weighted by atomic mass is 9.97. The Bertz CT molecular complexity index is 280. The zero-order chi connectivity index (χ0) is 13.3. The Morgan fingerprint density at radius 1 is 1.22 bits per heavy atom. The van der Waals surface area contributed by atoms with Crippen LogP contribution in [0.25, 0.3) is 0 Å². The summed E-state index contributed by atoms with van der Waals surface area (Å²) in [6.07, 6.45) is 10.1. The van der Waals surface area contributed by atoms with E-state index in [0.29, 0.717) is 5.92 Å². The molecule has 0 saturated heterocycles. The summed E-state index contributed by atoms with van der Waals surface area (Å²) in [5.74, 6) is 0.596. The van der Waals surface area contributed by atoms with Crippen LogP contribution in [0, 0.1) is 11.8 Å². The number of hydrogen-bond acceptors (Lipinski definition) is 2. The molecule has 4 N–H and O–H groups in total. The summed E-state index contributed by atoms with van der Waals surface area (Å²) in [5.41, 5.74) is 0.798. The summed E-state index contributed by atoms with van der Waals surface area (Å²) in [5, 5.41) is 8.55. The number of hydrogen-bond donors (Lipinski definition) is 2. The fourth-order valence-corrected chi connectivity index (χ4v) is 1.72. The normalized spacial score (nSPS) is 13.7. The molecule has 0 bridgehead atoms. The Hall–Kier alpha value is -1.09. The molecule has 0 aliphatic rings. The van der Waals surface area contributed by atoms with Crippen molar-refractivity contribution in [3.63, 3.8) is 0 Å². The molecular weight excluding hydrogens is 226 g/mol. The van der Waals surface area contributed by atoms with Crippen molar-refractivity contribution < 1.29 is 9.90 Å². The maximum atomic E-state index is 10.4. The third-order valence-corrected chi connectivity index (χ3v) is 2.75. The molecule has 1 atom stereocenters. The molecule has 0 aromatic carbocycles. The Labute approximate surface area is 112 Å². The van der Waals surface area contributed by atoms with Gasteiger partial charge < -0.3 is 11.3 Å². The lowest BCUT2D eigenvalue weighted by molar-refractivity contribution is -0.131. The number of aliphatic carboxylic acids is 1. The van der Waals surface area contributed by atoms with Crippen molar-refractivity contribution in [2.75, 3.05) is 0 Å². The summed E-state index contributed by atoms with van der Waals surface area (Å²) >= 11 is 0. The lowest BCUT2D eigenvalue weighted by Crippen LogP contribution is -1.95. The molecule has 0 fully saturated rings. The van der Waals surface area contributed by atoms with Crippen LogP contribution in [-0.4, -0.2) is 11.1 Å². The van der Waals surface area contributed by atoms with Crippen LogP contribution in [0.15, 0.2) is 23.8 Å². The monoisotopic (exact) mass is 255 g/mol.